The minimum absolute atomic E-state index is 0.0555. The van der Waals surface area contributed by atoms with E-state index in [9.17, 15) is 4.79 Å². The third-order valence-electron chi connectivity index (χ3n) is 4.16. The van der Waals surface area contributed by atoms with E-state index in [4.69, 9.17) is 5.73 Å². The molecule has 7 nitrogen and oxygen atoms in total. The molecule has 0 aliphatic heterocycles. The van der Waals surface area contributed by atoms with E-state index in [0.29, 0.717) is 6.54 Å². The molecule has 0 saturated heterocycles. The summed E-state index contributed by atoms with van der Waals surface area (Å²) in [7, 11) is 4.40. The van der Waals surface area contributed by atoms with Crippen molar-refractivity contribution in [1.29, 1.82) is 0 Å². The third-order valence-corrected chi connectivity index (χ3v) is 4.16. The molecule has 0 unspecified atom stereocenters. The van der Waals surface area contributed by atoms with Gasteiger partial charge in [0.2, 0.25) is 0 Å². The summed E-state index contributed by atoms with van der Waals surface area (Å²) < 4.78 is 0.948. The molecule has 7 heteroatoms. The van der Waals surface area contributed by atoms with Gasteiger partial charge in [0, 0.05) is 6.54 Å². The Kier molecular flexibility index (Phi) is 16.0. The molecular formula is C18H43N6O+. The SMILES string of the molecule is CCC[N+](C)(C)CCNC(=O)NCCCNCCCCNCCCN. The molecule has 0 heterocycles. The Hall–Kier alpha value is -0.890. The van der Waals surface area contributed by atoms with E-state index in [2.05, 4.69) is 42.3 Å². The molecule has 0 saturated carbocycles. The summed E-state index contributed by atoms with van der Waals surface area (Å²) in [5.74, 6) is 0. The second-order valence-electron chi connectivity index (χ2n) is 7.27. The highest BCUT2D eigenvalue weighted by molar-refractivity contribution is 5.73. The second-order valence-corrected chi connectivity index (χ2v) is 7.27. The Balaban J connectivity index is 3.30. The van der Waals surface area contributed by atoms with Crippen LogP contribution in [0, 0.1) is 0 Å². The van der Waals surface area contributed by atoms with Crippen molar-refractivity contribution >= 4 is 6.03 Å². The molecule has 0 aromatic heterocycles. The smallest absolute Gasteiger partial charge is 0.314 e. The zero-order valence-electron chi connectivity index (χ0n) is 16.8. The second kappa shape index (κ2) is 16.6. The highest BCUT2D eigenvalue weighted by atomic mass is 16.2. The van der Waals surface area contributed by atoms with E-state index in [1.54, 1.807) is 0 Å². The van der Waals surface area contributed by atoms with Crippen LogP contribution in [0.4, 0.5) is 4.79 Å². The van der Waals surface area contributed by atoms with Crippen LogP contribution in [-0.4, -0.2) is 83.5 Å². The lowest BCUT2D eigenvalue weighted by atomic mass is 10.3. The fraction of sp³-hybridized carbons (Fsp3) is 0.944. The number of nitrogens with two attached hydrogens (primary N) is 1. The molecule has 25 heavy (non-hydrogen) atoms. The Labute approximate surface area is 155 Å². The molecule has 0 aliphatic carbocycles. The quantitative estimate of drug-likeness (QED) is 0.193. The number of quaternary nitrogens is 1. The van der Waals surface area contributed by atoms with Crippen LogP contribution in [0.5, 0.6) is 0 Å². The zero-order valence-corrected chi connectivity index (χ0v) is 16.8. The molecule has 0 spiro atoms. The number of likely N-dealkylation sites (N-methyl/N-ethyl adjacent to an activating group) is 1. The van der Waals surface area contributed by atoms with Gasteiger partial charge in [0.1, 0.15) is 0 Å². The van der Waals surface area contributed by atoms with Crippen molar-refractivity contribution in [3.8, 4) is 0 Å². The third kappa shape index (κ3) is 17.7. The van der Waals surface area contributed by atoms with Crippen LogP contribution in [0.2, 0.25) is 0 Å². The number of nitrogens with one attached hydrogen (secondary N) is 4. The maximum absolute atomic E-state index is 11.7. The molecule has 0 fully saturated rings. The maximum Gasteiger partial charge on any atom is 0.314 e. The van der Waals surface area contributed by atoms with Gasteiger partial charge in [-0.1, -0.05) is 6.92 Å². The molecule has 0 aliphatic rings. The first-order chi connectivity index (χ1) is 12.0. The van der Waals surface area contributed by atoms with Gasteiger partial charge in [0.25, 0.3) is 0 Å². The first-order valence-electron chi connectivity index (χ1n) is 9.97. The number of unbranched alkanes of at least 4 members (excludes halogenated alkanes) is 1. The fourth-order valence-electron chi connectivity index (χ4n) is 2.64. The summed E-state index contributed by atoms with van der Waals surface area (Å²) in [5.41, 5.74) is 5.44. The van der Waals surface area contributed by atoms with Crippen LogP contribution in [0.25, 0.3) is 0 Å². The summed E-state index contributed by atoms with van der Waals surface area (Å²) in [6.45, 7) is 10.6. The van der Waals surface area contributed by atoms with Crippen molar-refractivity contribution < 1.29 is 9.28 Å². The van der Waals surface area contributed by atoms with Crippen LogP contribution >= 0.6 is 0 Å². The van der Waals surface area contributed by atoms with Gasteiger partial charge in [-0.05, 0) is 64.8 Å². The lowest BCUT2D eigenvalue weighted by Gasteiger charge is -2.29. The number of nitrogens with zero attached hydrogens (tertiary/aromatic N) is 1. The average molecular weight is 360 g/mol. The van der Waals surface area contributed by atoms with Gasteiger partial charge in [-0.2, -0.15) is 0 Å². The van der Waals surface area contributed by atoms with Gasteiger partial charge >= 0.3 is 6.03 Å². The number of rotatable bonds is 17. The normalized spacial score (nSPS) is 11.5. The predicted molar refractivity (Wildman–Crippen MR) is 107 cm³/mol. The lowest BCUT2D eigenvalue weighted by molar-refractivity contribution is -0.889. The maximum atomic E-state index is 11.7. The Morgan fingerprint density at radius 1 is 0.800 bits per heavy atom. The van der Waals surface area contributed by atoms with Crippen molar-refractivity contribution in [3.05, 3.63) is 0 Å². The van der Waals surface area contributed by atoms with Gasteiger partial charge < -0.3 is 31.5 Å². The Morgan fingerprint density at radius 2 is 1.36 bits per heavy atom. The first kappa shape index (κ1) is 24.1. The van der Waals surface area contributed by atoms with Crippen molar-refractivity contribution in [2.45, 2.75) is 39.0 Å². The fourth-order valence-corrected chi connectivity index (χ4v) is 2.64. The van der Waals surface area contributed by atoms with Crippen molar-refractivity contribution in [1.82, 2.24) is 21.3 Å². The van der Waals surface area contributed by atoms with Crippen LogP contribution in [0.15, 0.2) is 0 Å². The van der Waals surface area contributed by atoms with Crippen molar-refractivity contribution in [3.63, 3.8) is 0 Å². The van der Waals surface area contributed by atoms with E-state index in [1.165, 1.54) is 12.8 Å². The number of hydrogen-bond acceptors (Lipinski definition) is 4. The number of hydrogen-bond donors (Lipinski definition) is 5. The number of amides is 2. The van der Waals surface area contributed by atoms with E-state index < -0.39 is 0 Å². The Bertz CT molecular complexity index is 312. The summed E-state index contributed by atoms with van der Waals surface area (Å²) in [6.07, 6.45) is 5.53. The van der Waals surface area contributed by atoms with Gasteiger partial charge in [-0.3, -0.25) is 0 Å². The molecule has 2 amide bonds. The molecule has 0 radical (unpaired) electrons. The standard InChI is InChI=1S/C18H42N6O/c1-4-16-24(2,3)17-15-23-18(25)22-14-8-13-21-11-6-5-10-20-12-7-9-19/h20-21H,4-17,19H2,1-3H3,(H-,22,23,25)/p+1. The average Bonchev–Trinajstić information content (AvgIpc) is 2.55. The summed E-state index contributed by atoms with van der Waals surface area (Å²) in [4.78, 5) is 11.7. The first-order valence-corrected chi connectivity index (χ1v) is 9.97. The van der Waals surface area contributed by atoms with Crippen LogP contribution in [-0.2, 0) is 0 Å². The van der Waals surface area contributed by atoms with Gasteiger partial charge in [0.15, 0.2) is 0 Å². The van der Waals surface area contributed by atoms with E-state index >= 15 is 0 Å². The highest BCUT2D eigenvalue weighted by Crippen LogP contribution is 1.97. The molecule has 0 aromatic rings. The molecule has 150 valence electrons. The molecule has 0 aromatic carbocycles. The molecule has 6 N–H and O–H groups in total. The zero-order chi connectivity index (χ0) is 18.8. The molecular weight excluding hydrogens is 316 g/mol. The minimum Gasteiger partial charge on any atom is -0.338 e. The molecule has 0 atom stereocenters. The van der Waals surface area contributed by atoms with E-state index in [1.807, 2.05) is 0 Å². The molecule has 0 bridgehead atoms. The highest BCUT2D eigenvalue weighted by Gasteiger charge is 2.13. The van der Waals surface area contributed by atoms with Crippen LogP contribution < -0.4 is 27.0 Å². The topological polar surface area (TPSA) is 91.2 Å². The predicted octanol–water partition coefficient (Wildman–Crippen LogP) is 0.470. The minimum atomic E-state index is -0.0555. The van der Waals surface area contributed by atoms with Gasteiger partial charge in [-0.15, -0.1) is 0 Å². The summed E-state index contributed by atoms with van der Waals surface area (Å²) in [5, 5.41) is 12.6. The van der Waals surface area contributed by atoms with Crippen molar-refractivity contribution in [2.24, 2.45) is 5.73 Å². The van der Waals surface area contributed by atoms with Crippen LogP contribution in [0.3, 0.4) is 0 Å². The monoisotopic (exact) mass is 359 g/mol. The number of carbonyl (C=O) groups is 1. The largest absolute Gasteiger partial charge is 0.338 e. The summed E-state index contributed by atoms with van der Waals surface area (Å²) in [6, 6.07) is -0.0555. The summed E-state index contributed by atoms with van der Waals surface area (Å²) >= 11 is 0. The number of carbonyl (C=O) groups excluding carboxylic acids is 1. The van der Waals surface area contributed by atoms with Crippen molar-refractivity contribution in [2.75, 3.05) is 73.0 Å². The van der Waals surface area contributed by atoms with Gasteiger partial charge in [0.05, 0.1) is 33.7 Å². The van der Waals surface area contributed by atoms with E-state index in [0.717, 1.165) is 76.1 Å². The van der Waals surface area contributed by atoms with Crippen LogP contribution in [0.1, 0.15) is 39.0 Å². The van der Waals surface area contributed by atoms with Gasteiger partial charge in [-0.25, -0.2) is 4.79 Å². The Morgan fingerprint density at radius 3 is 1.96 bits per heavy atom. The lowest BCUT2D eigenvalue weighted by Crippen LogP contribution is -2.47. The molecule has 0 rings (SSSR count). The number of urea groups is 1. The van der Waals surface area contributed by atoms with E-state index in [-0.39, 0.29) is 6.03 Å².